The predicted octanol–water partition coefficient (Wildman–Crippen LogP) is 3.92. The summed E-state index contributed by atoms with van der Waals surface area (Å²) in [6.07, 6.45) is 0.298. The Morgan fingerprint density at radius 1 is 1.23 bits per heavy atom. The van der Waals surface area contributed by atoms with Crippen molar-refractivity contribution in [3.8, 4) is 17.1 Å². The molecule has 132 valence electrons. The largest absolute Gasteiger partial charge is 0.495 e. The molecule has 0 N–H and O–H groups in total. The van der Waals surface area contributed by atoms with Gasteiger partial charge in [0.1, 0.15) is 5.75 Å². The zero-order chi connectivity index (χ0) is 18.1. The van der Waals surface area contributed by atoms with E-state index < -0.39 is 0 Å². The minimum absolute atomic E-state index is 0.0324. The normalized spacial score (nSPS) is 16.9. The number of amides is 1. The number of nitrogens with zero attached hydrogens (tertiary/aromatic N) is 3. The Hall–Kier alpha value is -2.86. The summed E-state index contributed by atoms with van der Waals surface area (Å²) in [5.74, 6) is 1.37. The standard InChI is InChI=1S/C19H16ClN3O3/c1-25-16-8-7-14(20)10-15(16)23-11-13(9-17(23)24)19-21-18(22-26-19)12-5-3-2-4-6-12/h2-8,10,13H,9,11H2,1H3. The predicted molar refractivity (Wildman–Crippen MR) is 97.4 cm³/mol. The number of hydrogen-bond donors (Lipinski definition) is 0. The van der Waals surface area contributed by atoms with Crippen LogP contribution in [0.2, 0.25) is 5.02 Å². The molecule has 2 heterocycles. The first-order chi connectivity index (χ1) is 12.7. The van der Waals surface area contributed by atoms with Crippen LogP contribution >= 0.6 is 11.6 Å². The lowest BCUT2D eigenvalue weighted by Gasteiger charge is -2.19. The SMILES string of the molecule is COc1ccc(Cl)cc1N1CC(c2nc(-c3ccccc3)no2)CC1=O. The summed E-state index contributed by atoms with van der Waals surface area (Å²) < 4.78 is 10.8. The van der Waals surface area contributed by atoms with Crippen molar-refractivity contribution in [2.45, 2.75) is 12.3 Å². The number of halogens is 1. The van der Waals surface area contributed by atoms with Crippen LogP contribution in [0.1, 0.15) is 18.2 Å². The third kappa shape index (κ3) is 3.04. The topological polar surface area (TPSA) is 68.5 Å². The number of hydrogen-bond acceptors (Lipinski definition) is 5. The maximum Gasteiger partial charge on any atom is 0.232 e. The van der Waals surface area contributed by atoms with Crippen LogP contribution in [0.3, 0.4) is 0 Å². The van der Waals surface area contributed by atoms with Crippen molar-refractivity contribution in [3.05, 3.63) is 59.4 Å². The number of ether oxygens (including phenoxy) is 1. The van der Waals surface area contributed by atoms with Crippen LogP contribution in [-0.2, 0) is 4.79 Å². The number of carbonyl (C=O) groups is 1. The second-order valence-corrected chi connectivity index (χ2v) is 6.48. The fourth-order valence-electron chi connectivity index (χ4n) is 3.09. The molecule has 2 aromatic carbocycles. The van der Waals surface area contributed by atoms with Crippen molar-refractivity contribution in [3.63, 3.8) is 0 Å². The molecule has 1 amide bonds. The average molecular weight is 370 g/mol. The first kappa shape index (κ1) is 16.6. The Labute approximate surface area is 155 Å². The van der Waals surface area contributed by atoms with Crippen molar-refractivity contribution in [1.82, 2.24) is 10.1 Å². The van der Waals surface area contributed by atoms with Gasteiger partial charge >= 0.3 is 0 Å². The molecule has 26 heavy (non-hydrogen) atoms. The average Bonchev–Trinajstić information content (AvgIpc) is 3.29. The molecule has 4 rings (SSSR count). The molecule has 1 fully saturated rings. The van der Waals surface area contributed by atoms with Crippen molar-refractivity contribution >= 4 is 23.2 Å². The monoisotopic (exact) mass is 369 g/mol. The lowest BCUT2D eigenvalue weighted by molar-refractivity contribution is -0.117. The first-order valence-electron chi connectivity index (χ1n) is 8.18. The first-order valence-corrected chi connectivity index (χ1v) is 8.56. The Bertz CT molecular complexity index is 942. The van der Waals surface area contributed by atoms with Crippen LogP contribution in [0.25, 0.3) is 11.4 Å². The van der Waals surface area contributed by atoms with Gasteiger partial charge in [0, 0.05) is 23.6 Å². The molecule has 1 atom stereocenters. The molecule has 1 aromatic heterocycles. The summed E-state index contributed by atoms with van der Waals surface area (Å²) >= 11 is 6.09. The van der Waals surface area contributed by atoms with Gasteiger partial charge in [-0.15, -0.1) is 0 Å². The van der Waals surface area contributed by atoms with Gasteiger partial charge in [0.15, 0.2) is 0 Å². The molecule has 0 radical (unpaired) electrons. The zero-order valence-corrected chi connectivity index (χ0v) is 14.8. The Morgan fingerprint density at radius 3 is 2.81 bits per heavy atom. The van der Waals surface area contributed by atoms with Crippen LogP contribution < -0.4 is 9.64 Å². The Morgan fingerprint density at radius 2 is 2.04 bits per heavy atom. The number of benzene rings is 2. The summed E-state index contributed by atoms with van der Waals surface area (Å²) in [6.45, 7) is 0.436. The van der Waals surface area contributed by atoms with E-state index in [-0.39, 0.29) is 11.8 Å². The fourth-order valence-corrected chi connectivity index (χ4v) is 3.25. The van der Waals surface area contributed by atoms with Gasteiger partial charge in [-0.2, -0.15) is 4.98 Å². The van der Waals surface area contributed by atoms with Crippen LogP contribution in [0.4, 0.5) is 5.69 Å². The summed E-state index contributed by atoms with van der Waals surface area (Å²) in [4.78, 5) is 18.7. The lowest BCUT2D eigenvalue weighted by atomic mass is 10.1. The molecule has 0 aliphatic carbocycles. The summed E-state index contributed by atoms with van der Waals surface area (Å²) in [5, 5.41) is 4.58. The van der Waals surface area contributed by atoms with E-state index in [0.717, 1.165) is 5.56 Å². The number of methoxy groups -OCH3 is 1. The lowest BCUT2D eigenvalue weighted by Crippen LogP contribution is -2.24. The highest BCUT2D eigenvalue weighted by Gasteiger charge is 2.36. The van der Waals surface area contributed by atoms with Gasteiger partial charge in [0.05, 0.1) is 18.7 Å². The van der Waals surface area contributed by atoms with Crippen LogP contribution in [0, 0.1) is 0 Å². The molecule has 1 aliphatic rings. The Balaban J connectivity index is 1.59. The maximum atomic E-state index is 12.6. The zero-order valence-electron chi connectivity index (χ0n) is 14.1. The summed E-state index contributed by atoms with van der Waals surface area (Å²) in [6, 6.07) is 14.8. The minimum atomic E-state index is -0.170. The van der Waals surface area contributed by atoms with E-state index in [4.69, 9.17) is 20.9 Å². The van der Waals surface area contributed by atoms with Crippen molar-refractivity contribution < 1.29 is 14.1 Å². The molecule has 6 nitrogen and oxygen atoms in total. The van der Waals surface area contributed by atoms with Crippen molar-refractivity contribution in [2.75, 3.05) is 18.6 Å². The summed E-state index contributed by atoms with van der Waals surface area (Å²) in [5.41, 5.74) is 1.52. The molecule has 0 bridgehead atoms. The highest BCUT2D eigenvalue weighted by Crippen LogP contribution is 2.37. The third-order valence-corrected chi connectivity index (χ3v) is 4.61. The van der Waals surface area contributed by atoms with E-state index in [1.807, 2.05) is 30.3 Å². The second kappa shape index (κ2) is 6.80. The second-order valence-electron chi connectivity index (χ2n) is 6.04. The fraction of sp³-hybridized carbons (Fsp3) is 0.211. The van der Waals surface area contributed by atoms with Crippen LogP contribution in [0.15, 0.2) is 53.1 Å². The molecule has 1 aliphatic heterocycles. The number of carbonyl (C=O) groups excluding carboxylic acids is 1. The van der Waals surface area contributed by atoms with E-state index in [0.29, 0.717) is 41.1 Å². The van der Waals surface area contributed by atoms with Gasteiger partial charge in [-0.25, -0.2) is 0 Å². The molecular weight excluding hydrogens is 354 g/mol. The van der Waals surface area contributed by atoms with Gasteiger partial charge in [0.2, 0.25) is 17.6 Å². The van der Waals surface area contributed by atoms with Crippen molar-refractivity contribution in [1.29, 1.82) is 0 Å². The van der Waals surface area contributed by atoms with Gasteiger partial charge < -0.3 is 14.2 Å². The number of anilines is 1. The van der Waals surface area contributed by atoms with E-state index in [1.165, 1.54) is 0 Å². The smallest absolute Gasteiger partial charge is 0.232 e. The van der Waals surface area contributed by atoms with Crippen LogP contribution in [-0.4, -0.2) is 29.7 Å². The van der Waals surface area contributed by atoms with Gasteiger partial charge in [-0.05, 0) is 18.2 Å². The van der Waals surface area contributed by atoms with Gasteiger partial charge in [-0.1, -0.05) is 47.1 Å². The molecule has 1 saturated heterocycles. The van der Waals surface area contributed by atoms with E-state index in [1.54, 1.807) is 30.2 Å². The number of rotatable bonds is 4. The molecule has 7 heteroatoms. The molecular formula is C19H16ClN3O3. The van der Waals surface area contributed by atoms with E-state index in [9.17, 15) is 4.79 Å². The van der Waals surface area contributed by atoms with Crippen molar-refractivity contribution in [2.24, 2.45) is 0 Å². The molecule has 1 unspecified atom stereocenters. The van der Waals surface area contributed by atoms with Gasteiger partial charge in [0.25, 0.3) is 0 Å². The number of aromatic nitrogens is 2. The summed E-state index contributed by atoms with van der Waals surface area (Å²) in [7, 11) is 1.56. The molecule has 3 aromatic rings. The quantitative estimate of drug-likeness (QED) is 0.697. The molecule has 0 spiro atoms. The van der Waals surface area contributed by atoms with E-state index >= 15 is 0 Å². The molecule has 0 saturated carbocycles. The highest BCUT2D eigenvalue weighted by atomic mass is 35.5. The van der Waals surface area contributed by atoms with Crippen LogP contribution in [0.5, 0.6) is 5.75 Å². The van der Waals surface area contributed by atoms with Gasteiger partial charge in [-0.3, -0.25) is 4.79 Å². The van der Waals surface area contributed by atoms with E-state index in [2.05, 4.69) is 10.1 Å². The highest BCUT2D eigenvalue weighted by molar-refractivity contribution is 6.31. The Kier molecular flexibility index (Phi) is 4.34. The third-order valence-electron chi connectivity index (χ3n) is 4.38. The maximum absolute atomic E-state index is 12.6. The minimum Gasteiger partial charge on any atom is -0.495 e.